The van der Waals surface area contributed by atoms with E-state index >= 15 is 0 Å². The van der Waals surface area contributed by atoms with Crippen LogP contribution in [0.15, 0.2) is 42.5 Å². The van der Waals surface area contributed by atoms with Crippen molar-refractivity contribution in [2.24, 2.45) is 11.7 Å². The summed E-state index contributed by atoms with van der Waals surface area (Å²) in [5.41, 5.74) is 4.45. The zero-order valence-electron chi connectivity index (χ0n) is 14.2. The van der Waals surface area contributed by atoms with E-state index in [0.29, 0.717) is 5.75 Å². The number of rotatable bonds is 5. The first-order valence-corrected chi connectivity index (χ1v) is 7.61. The Kier molecular flexibility index (Phi) is 6.20. The maximum absolute atomic E-state index is 12.4. The number of ether oxygens (including phenoxy) is 1. The van der Waals surface area contributed by atoms with Crippen molar-refractivity contribution in [2.45, 2.75) is 6.92 Å². The van der Waals surface area contributed by atoms with Gasteiger partial charge in [0.2, 0.25) is 0 Å². The Hall–Kier alpha value is -3.76. The number of amides is 3. The molecule has 10 nitrogen and oxygen atoms in total. The monoisotopic (exact) mass is 371 g/mol. The number of hydrogen-bond acceptors (Lipinski definition) is 7. The fraction of sp³-hybridized carbons (Fsp3) is 0.0588. The third kappa shape index (κ3) is 5.11. The van der Waals surface area contributed by atoms with Crippen LogP contribution < -0.4 is 32.6 Å². The first-order chi connectivity index (χ1) is 12.8. The predicted molar refractivity (Wildman–Crippen MR) is 95.5 cm³/mol. The van der Waals surface area contributed by atoms with Crippen LogP contribution in [-0.4, -0.2) is 23.7 Å². The highest BCUT2D eigenvalue weighted by Crippen LogP contribution is 2.18. The van der Waals surface area contributed by atoms with E-state index in [1.807, 2.05) is 10.9 Å². The predicted octanol–water partition coefficient (Wildman–Crippen LogP) is 0.0712. The summed E-state index contributed by atoms with van der Waals surface area (Å²) in [6, 6.07) is 9.80. The van der Waals surface area contributed by atoms with Crippen LogP contribution in [0.1, 0.15) is 38.0 Å². The molecule has 2 aromatic rings. The molecule has 3 amide bonds. The van der Waals surface area contributed by atoms with Crippen LogP contribution in [-0.2, 0) is 4.79 Å². The number of carbonyl (C=O) groups is 4. The van der Waals surface area contributed by atoms with Crippen LogP contribution in [0.25, 0.3) is 0 Å². The lowest BCUT2D eigenvalue weighted by molar-refractivity contribution is -0.131. The van der Waals surface area contributed by atoms with Gasteiger partial charge < -0.3 is 10.1 Å². The lowest BCUT2D eigenvalue weighted by atomic mass is 10.1. The lowest BCUT2D eigenvalue weighted by Gasteiger charge is -2.10. The highest BCUT2D eigenvalue weighted by Gasteiger charge is 2.14. The van der Waals surface area contributed by atoms with Gasteiger partial charge in [-0.05, 0) is 42.5 Å². The highest BCUT2D eigenvalue weighted by atomic mass is 16.5. The number of hydrazine groups is 2. The van der Waals surface area contributed by atoms with Gasteiger partial charge in [0.1, 0.15) is 5.75 Å². The molecule has 0 aliphatic rings. The maximum Gasteiger partial charge on any atom is 0.308 e. The Bertz CT molecular complexity index is 861. The van der Waals surface area contributed by atoms with Gasteiger partial charge in [-0.1, -0.05) is 0 Å². The summed E-state index contributed by atoms with van der Waals surface area (Å²) >= 11 is 0. The summed E-state index contributed by atoms with van der Waals surface area (Å²) in [5, 5.41) is 2.57. The number of benzene rings is 2. The zero-order valence-corrected chi connectivity index (χ0v) is 14.2. The second-order valence-electron chi connectivity index (χ2n) is 5.32. The molecule has 10 heteroatoms. The van der Waals surface area contributed by atoms with Crippen LogP contribution in [0.5, 0.6) is 5.75 Å². The second kappa shape index (κ2) is 8.56. The molecule has 0 fully saturated rings. The number of hydrogen-bond donors (Lipinski definition) is 5. The van der Waals surface area contributed by atoms with Crippen LogP contribution >= 0.6 is 0 Å². The van der Waals surface area contributed by atoms with E-state index in [1.165, 1.54) is 49.4 Å². The minimum Gasteiger partial charge on any atom is -0.427 e. The summed E-state index contributed by atoms with van der Waals surface area (Å²) in [6.45, 7) is 1.26. The molecule has 0 aliphatic heterocycles. The van der Waals surface area contributed by atoms with Crippen molar-refractivity contribution in [3.05, 3.63) is 59.2 Å². The number of esters is 1. The topological polar surface area (TPSA) is 166 Å². The molecule has 0 saturated heterocycles. The number of nitrogens with one attached hydrogen (secondary N) is 3. The standard InChI is InChI=1S/C17H17N5O5/c1-9(23)27-14-4-2-10(3-5-14)15(24)20-13-7-11(16(25)21-18)6-12(8-13)17(26)22-19/h2-8H,18-19H2,1H3,(H,20,24)(H,21,25)(H,22,26). The van der Waals surface area contributed by atoms with E-state index in [2.05, 4.69) is 5.32 Å². The Morgan fingerprint density at radius 3 is 1.74 bits per heavy atom. The van der Waals surface area contributed by atoms with Crippen molar-refractivity contribution >= 4 is 29.4 Å². The minimum atomic E-state index is -0.650. The normalized spacial score (nSPS) is 9.89. The van der Waals surface area contributed by atoms with Crippen molar-refractivity contribution < 1.29 is 23.9 Å². The Balaban J connectivity index is 2.26. The van der Waals surface area contributed by atoms with Crippen LogP contribution in [0, 0.1) is 0 Å². The molecule has 0 radical (unpaired) electrons. The van der Waals surface area contributed by atoms with Gasteiger partial charge in [0.25, 0.3) is 17.7 Å². The van der Waals surface area contributed by atoms with Gasteiger partial charge >= 0.3 is 5.97 Å². The number of carbonyl (C=O) groups excluding carboxylic acids is 4. The molecule has 7 N–H and O–H groups in total. The SMILES string of the molecule is CC(=O)Oc1ccc(C(=O)Nc2cc(C(=O)NN)cc(C(=O)NN)c2)cc1. The summed E-state index contributed by atoms with van der Waals surface area (Å²) < 4.78 is 4.89. The quantitative estimate of drug-likeness (QED) is 0.163. The molecule has 0 unspecified atom stereocenters. The fourth-order valence-electron chi connectivity index (χ4n) is 2.17. The first-order valence-electron chi connectivity index (χ1n) is 7.61. The molecule has 0 atom stereocenters. The molecule has 2 rings (SSSR count). The van der Waals surface area contributed by atoms with Gasteiger partial charge in [-0.25, -0.2) is 11.7 Å². The molecular formula is C17H17N5O5. The van der Waals surface area contributed by atoms with E-state index in [9.17, 15) is 19.2 Å². The van der Waals surface area contributed by atoms with E-state index < -0.39 is 23.7 Å². The Morgan fingerprint density at radius 1 is 0.778 bits per heavy atom. The van der Waals surface area contributed by atoms with E-state index in [-0.39, 0.29) is 22.4 Å². The third-order valence-corrected chi connectivity index (χ3v) is 3.36. The smallest absolute Gasteiger partial charge is 0.308 e. The van der Waals surface area contributed by atoms with E-state index in [0.717, 1.165) is 0 Å². The molecule has 0 bridgehead atoms. The van der Waals surface area contributed by atoms with Gasteiger partial charge in [0.05, 0.1) is 0 Å². The molecule has 0 aliphatic carbocycles. The van der Waals surface area contributed by atoms with Gasteiger partial charge in [0, 0.05) is 29.3 Å². The van der Waals surface area contributed by atoms with E-state index in [1.54, 1.807) is 0 Å². The molecule has 0 saturated carbocycles. The average Bonchev–Trinajstić information content (AvgIpc) is 2.66. The molecule has 0 aromatic heterocycles. The third-order valence-electron chi connectivity index (χ3n) is 3.36. The van der Waals surface area contributed by atoms with Crippen LogP contribution in [0.3, 0.4) is 0 Å². The van der Waals surface area contributed by atoms with Crippen LogP contribution in [0.2, 0.25) is 0 Å². The van der Waals surface area contributed by atoms with Gasteiger partial charge in [0.15, 0.2) is 0 Å². The van der Waals surface area contributed by atoms with Gasteiger partial charge in [-0.15, -0.1) is 0 Å². The van der Waals surface area contributed by atoms with Crippen molar-refractivity contribution in [2.75, 3.05) is 5.32 Å². The summed E-state index contributed by atoms with van der Waals surface area (Å²) in [5.74, 6) is 8.22. The summed E-state index contributed by atoms with van der Waals surface area (Å²) in [7, 11) is 0. The van der Waals surface area contributed by atoms with Gasteiger partial charge in [-0.3, -0.25) is 30.0 Å². The Labute approximate surface area is 153 Å². The molecule has 140 valence electrons. The zero-order chi connectivity index (χ0) is 20.0. The van der Waals surface area contributed by atoms with Crippen molar-refractivity contribution in [3.8, 4) is 5.75 Å². The van der Waals surface area contributed by atoms with Gasteiger partial charge in [-0.2, -0.15) is 0 Å². The molecule has 27 heavy (non-hydrogen) atoms. The van der Waals surface area contributed by atoms with Crippen molar-refractivity contribution in [1.29, 1.82) is 0 Å². The fourth-order valence-corrected chi connectivity index (χ4v) is 2.17. The molecular weight excluding hydrogens is 354 g/mol. The average molecular weight is 371 g/mol. The highest BCUT2D eigenvalue weighted by molar-refractivity contribution is 6.06. The number of nitrogen functional groups attached to an aromatic ring is 2. The minimum absolute atomic E-state index is 0.0547. The van der Waals surface area contributed by atoms with Crippen LogP contribution in [0.4, 0.5) is 5.69 Å². The molecule has 0 heterocycles. The lowest BCUT2D eigenvalue weighted by Crippen LogP contribution is -2.32. The van der Waals surface area contributed by atoms with Crippen molar-refractivity contribution in [1.82, 2.24) is 10.9 Å². The van der Waals surface area contributed by atoms with E-state index in [4.69, 9.17) is 16.4 Å². The Morgan fingerprint density at radius 2 is 1.30 bits per heavy atom. The number of nitrogens with two attached hydrogens (primary N) is 2. The first kappa shape index (κ1) is 19.6. The molecule has 0 spiro atoms. The van der Waals surface area contributed by atoms with Crippen molar-refractivity contribution in [3.63, 3.8) is 0 Å². The summed E-state index contributed by atoms with van der Waals surface area (Å²) in [6.07, 6.45) is 0. The largest absolute Gasteiger partial charge is 0.427 e. The molecule has 2 aromatic carbocycles. The second-order valence-corrected chi connectivity index (χ2v) is 5.32. The summed E-state index contributed by atoms with van der Waals surface area (Å²) in [4.78, 5) is 46.8. The maximum atomic E-state index is 12.4. The number of anilines is 1.